The maximum Gasteiger partial charge on any atom is 0.219 e. The van der Waals surface area contributed by atoms with Crippen molar-refractivity contribution in [1.82, 2.24) is 19.6 Å². The summed E-state index contributed by atoms with van der Waals surface area (Å²) in [5.74, 6) is 0.265. The molecule has 1 aromatic carbocycles. The van der Waals surface area contributed by atoms with Crippen molar-refractivity contribution in [3.63, 3.8) is 0 Å². The van der Waals surface area contributed by atoms with Gasteiger partial charge in [0, 0.05) is 35.3 Å². The van der Waals surface area contributed by atoms with Crippen LogP contribution in [0.15, 0.2) is 67.1 Å². The molecule has 106 valence electrons. The lowest BCUT2D eigenvalue weighted by Gasteiger charge is -2.03. The summed E-state index contributed by atoms with van der Waals surface area (Å²) in [6.07, 6.45) is 5.40. The van der Waals surface area contributed by atoms with Gasteiger partial charge in [-0.25, -0.2) is 14.5 Å². The number of pyridine rings is 1. The number of anilines is 1. The molecule has 4 aromatic rings. The van der Waals surface area contributed by atoms with E-state index in [1.54, 1.807) is 12.4 Å². The van der Waals surface area contributed by atoms with Gasteiger partial charge in [-0.2, -0.15) is 5.10 Å². The fourth-order valence-electron chi connectivity index (χ4n) is 2.55. The summed E-state index contributed by atoms with van der Waals surface area (Å²) < 4.78 is 1.87. The second-order valence-electron chi connectivity index (χ2n) is 4.95. The minimum Gasteiger partial charge on any atom is -0.368 e. The lowest BCUT2D eigenvalue weighted by molar-refractivity contribution is 0.966. The van der Waals surface area contributed by atoms with Crippen molar-refractivity contribution >= 4 is 11.5 Å². The second kappa shape index (κ2) is 4.96. The molecule has 0 fully saturated rings. The van der Waals surface area contributed by atoms with Gasteiger partial charge in [0.05, 0.1) is 5.52 Å². The van der Waals surface area contributed by atoms with Crippen molar-refractivity contribution in [3.8, 4) is 22.4 Å². The van der Waals surface area contributed by atoms with E-state index in [9.17, 15) is 0 Å². The van der Waals surface area contributed by atoms with Gasteiger partial charge in [-0.1, -0.05) is 36.4 Å². The summed E-state index contributed by atoms with van der Waals surface area (Å²) in [4.78, 5) is 8.21. The average molecular weight is 287 g/mol. The summed E-state index contributed by atoms with van der Waals surface area (Å²) >= 11 is 0. The van der Waals surface area contributed by atoms with Crippen LogP contribution in [0.1, 0.15) is 0 Å². The molecule has 0 saturated heterocycles. The Labute approximate surface area is 127 Å². The van der Waals surface area contributed by atoms with Gasteiger partial charge >= 0.3 is 0 Å². The van der Waals surface area contributed by atoms with Crippen molar-refractivity contribution in [1.29, 1.82) is 0 Å². The third kappa shape index (κ3) is 2.00. The molecule has 0 amide bonds. The molecule has 2 N–H and O–H groups in total. The SMILES string of the molecule is Nc1ncc(-c2c(-c3ccccc3)nn3ccccc23)cn1. The second-order valence-corrected chi connectivity index (χ2v) is 4.95. The summed E-state index contributed by atoms with van der Waals surface area (Å²) in [5.41, 5.74) is 10.5. The molecule has 0 aliphatic rings. The minimum absolute atomic E-state index is 0.265. The van der Waals surface area contributed by atoms with Crippen LogP contribution in [0.3, 0.4) is 0 Å². The van der Waals surface area contributed by atoms with E-state index in [1.165, 1.54) is 0 Å². The summed E-state index contributed by atoms with van der Waals surface area (Å²) in [6.45, 7) is 0. The first-order valence-electron chi connectivity index (χ1n) is 6.93. The van der Waals surface area contributed by atoms with Crippen molar-refractivity contribution in [2.75, 3.05) is 5.73 Å². The molecule has 5 heteroatoms. The van der Waals surface area contributed by atoms with E-state index in [1.807, 2.05) is 59.2 Å². The van der Waals surface area contributed by atoms with E-state index in [2.05, 4.69) is 9.97 Å². The third-order valence-corrected chi connectivity index (χ3v) is 3.55. The third-order valence-electron chi connectivity index (χ3n) is 3.55. The minimum atomic E-state index is 0.265. The van der Waals surface area contributed by atoms with Gasteiger partial charge in [-0.05, 0) is 12.1 Å². The van der Waals surface area contributed by atoms with E-state index in [0.717, 1.165) is 27.9 Å². The van der Waals surface area contributed by atoms with Gasteiger partial charge in [-0.3, -0.25) is 0 Å². The number of nitrogen functional groups attached to an aromatic ring is 1. The van der Waals surface area contributed by atoms with Crippen LogP contribution in [0.2, 0.25) is 0 Å². The zero-order chi connectivity index (χ0) is 14.9. The molecule has 0 bridgehead atoms. The summed E-state index contributed by atoms with van der Waals surface area (Å²) in [5, 5.41) is 4.71. The number of hydrogen-bond acceptors (Lipinski definition) is 4. The summed E-state index contributed by atoms with van der Waals surface area (Å²) in [7, 11) is 0. The number of hydrogen-bond donors (Lipinski definition) is 1. The van der Waals surface area contributed by atoms with Gasteiger partial charge < -0.3 is 5.73 Å². The predicted octanol–water partition coefficient (Wildman–Crippen LogP) is 3.04. The van der Waals surface area contributed by atoms with Crippen LogP contribution >= 0.6 is 0 Å². The largest absolute Gasteiger partial charge is 0.368 e. The van der Waals surface area contributed by atoms with Crippen LogP contribution in [-0.4, -0.2) is 19.6 Å². The number of fused-ring (bicyclic) bond motifs is 1. The molecule has 0 aliphatic heterocycles. The zero-order valence-electron chi connectivity index (χ0n) is 11.7. The standard InChI is InChI=1S/C17H13N5/c18-17-19-10-13(11-20-17)15-14-8-4-5-9-22(14)21-16(15)12-6-2-1-3-7-12/h1-11H,(H2,18,19,20). The molecule has 5 nitrogen and oxygen atoms in total. The number of nitrogens with zero attached hydrogens (tertiary/aromatic N) is 4. The monoisotopic (exact) mass is 287 g/mol. The normalized spacial score (nSPS) is 10.9. The molecule has 0 saturated carbocycles. The Bertz CT molecular complexity index is 926. The first kappa shape index (κ1) is 12.5. The molecule has 4 rings (SSSR count). The van der Waals surface area contributed by atoms with E-state index >= 15 is 0 Å². The number of nitrogens with two attached hydrogens (primary N) is 1. The van der Waals surface area contributed by atoms with Gasteiger partial charge in [0.2, 0.25) is 5.95 Å². The van der Waals surface area contributed by atoms with E-state index in [0.29, 0.717) is 0 Å². The van der Waals surface area contributed by atoms with Gasteiger partial charge in [0.15, 0.2) is 0 Å². The Morgan fingerprint density at radius 3 is 2.32 bits per heavy atom. The highest BCUT2D eigenvalue weighted by Crippen LogP contribution is 2.34. The zero-order valence-corrected chi connectivity index (χ0v) is 11.7. The molecular formula is C17H13N5. The molecule has 3 heterocycles. The molecular weight excluding hydrogens is 274 g/mol. The van der Waals surface area contributed by atoms with Gasteiger partial charge in [-0.15, -0.1) is 0 Å². The Morgan fingerprint density at radius 2 is 1.55 bits per heavy atom. The lowest BCUT2D eigenvalue weighted by atomic mass is 10.0. The molecule has 0 atom stereocenters. The van der Waals surface area contributed by atoms with Crippen LogP contribution in [0.4, 0.5) is 5.95 Å². The Morgan fingerprint density at radius 1 is 0.818 bits per heavy atom. The smallest absolute Gasteiger partial charge is 0.219 e. The van der Waals surface area contributed by atoms with E-state index in [-0.39, 0.29) is 5.95 Å². The first-order valence-corrected chi connectivity index (χ1v) is 6.93. The highest BCUT2D eigenvalue weighted by atomic mass is 15.2. The van der Waals surface area contributed by atoms with Crippen LogP contribution < -0.4 is 5.73 Å². The topological polar surface area (TPSA) is 69.1 Å². The lowest BCUT2D eigenvalue weighted by Crippen LogP contribution is -1.94. The van der Waals surface area contributed by atoms with Crippen molar-refractivity contribution in [2.45, 2.75) is 0 Å². The maximum absolute atomic E-state index is 5.60. The van der Waals surface area contributed by atoms with Gasteiger partial charge in [0.1, 0.15) is 5.69 Å². The van der Waals surface area contributed by atoms with Crippen molar-refractivity contribution in [3.05, 3.63) is 67.1 Å². The van der Waals surface area contributed by atoms with Crippen LogP contribution in [0, 0.1) is 0 Å². The van der Waals surface area contributed by atoms with Crippen molar-refractivity contribution in [2.24, 2.45) is 0 Å². The number of rotatable bonds is 2. The molecule has 0 aliphatic carbocycles. The molecule has 0 radical (unpaired) electrons. The highest BCUT2D eigenvalue weighted by Gasteiger charge is 2.16. The predicted molar refractivity (Wildman–Crippen MR) is 86.1 cm³/mol. The highest BCUT2D eigenvalue weighted by molar-refractivity contribution is 5.91. The molecule has 0 unspecified atom stereocenters. The van der Waals surface area contributed by atoms with E-state index < -0.39 is 0 Å². The Balaban J connectivity index is 2.04. The number of benzene rings is 1. The quantitative estimate of drug-likeness (QED) is 0.615. The van der Waals surface area contributed by atoms with Crippen LogP contribution in [0.5, 0.6) is 0 Å². The van der Waals surface area contributed by atoms with E-state index in [4.69, 9.17) is 10.8 Å². The fraction of sp³-hybridized carbons (Fsp3) is 0. The Kier molecular flexibility index (Phi) is 2.83. The maximum atomic E-state index is 5.60. The number of aromatic nitrogens is 4. The average Bonchev–Trinajstić information content (AvgIpc) is 2.96. The first-order chi connectivity index (χ1) is 10.8. The summed E-state index contributed by atoms with van der Waals surface area (Å²) in [6, 6.07) is 16.1. The van der Waals surface area contributed by atoms with Crippen LogP contribution in [0.25, 0.3) is 27.9 Å². The van der Waals surface area contributed by atoms with Crippen LogP contribution in [-0.2, 0) is 0 Å². The molecule has 0 spiro atoms. The fourth-order valence-corrected chi connectivity index (χ4v) is 2.55. The Hall–Kier alpha value is -3.21. The molecule has 22 heavy (non-hydrogen) atoms. The van der Waals surface area contributed by atoms with Crippen molar-refractivity contribution < 1.29 is 0 Å². The molecule has 3 aromatic heterocycles. The van der Waals surface area contributed by atoms with Gasteiger partial charge in [0.25, 0.3) is 0 Å².